The van der Waals surface area contributed by atoms with Crippen molar-refractivity contribution in [2.75, 3.05) is 19.8 Å². The number of rotatable bonds is 5. The van der Waals surface area contributed by atoms with Crippen LogP contribution in [0.1, 0.15) is 13.3 Å². The normalized spacial score (nSPS) is 18.2. The van der Waals surface area contributed by atoms with Gasteiger partial charge in [0, 0.05) is 5.92 Å². The molecule has 1 unspecified atom stereocenters. The van der Waals surface area contributed by atoms with Crippen molar-refractivity contribution in [1.29, 1.82) is 0 Å². The van der Waals surface area contributed by atoms with Crippen molar-refractivity contribution in [3.05, 3.63) is 30.3 Å². The number of hydrogen-bond acceptors (Lipinski definition) is 2. The lowest BCUT2D eigenvalue weighted by Crippen LogP contribution is -2.36. The maximum atomic E-state index is 5.76. The van der Waals surface area contributed by atoms with Crippen LogP contribution in [0.2, 0.25) is 0 Å². The largest absolute Gasteiger partial charge is 0.493 e. The second-order valence-corrected chi connectivity index (χ2v) is 4.09. The van der Waals surface area contributed by atoms with E-state index in [0.29, 0.717) is 11.8 Å². The summed E-state index contributed by atoms with van der Waals surface area (Å²) in [6, 6.07) is 10.0. The molecule has 0 N–H and O–H groups in total. The van der Waals surface area contributed by atoms with E-state index >= 15 is 0 Å². The third-order valence-corrected chi connectivity index (χ3v) is 3.06. The monoisotopic (exact) mass is 206 g/mol. The second kappa shape index (κ2) is 5.17. The molecule has 15 heavy (non-hydrogen) atoms. The lowest BCUT2D eigenvalue weighted by atomic mass is 9.89. The number of benzene rings is 1. The molecule has 0 aliphatic carbocycles. The maximum Gasteiger partial charge on any atom is 0.119 e. The summed E-state index contributed by atoms with van der Waals surface area (Å²) in [5, 5.41) is 0. The van der Waals surface area contributed by atoms with Crippen molar-refractivity contribution < 1.29 is 9.47 Å². The van der Waals surface area contributed by atoms with Gasteiger partial charge in [0.05, 0.1) is 19.8 Å². The summed E-state index contributed by atoms with van der Waals surface area (Å²) in [5.41, 5.74) is 0. The molecule has 0 saturated carbocycles. The van der Waals surface area contributed by atoms with E-state index in [1.165, 1.54) is 6.42 Å². The second-order valence-electron chi connectivity index (χ2n) is 4.09. The molecule has 2 nitrogen and oxygen atoms in total. The molecular weight excluding hydrogens is 188 g/mol. The Morgan fingerprint density at radius 2 is 2.07 bits per heavy atom. The molecule has 1 heterocycles. The van der Waals surface area contributed by atoms with E-state index in [1.807, 2.05) is 30.3 Å². The minimum atomic E-state index is 0.638. The Balaban J connectivity index is 1.80. The highest BCUT2D eigenvalue weighted by Gasteiger charge is 2.27. The first-order chi connectivity index (χ1) is 7.40. The first-order valence-electron chi connectivity index (χ1n) is 5.65. The Morgan fingerprint density at radius 1 is 1.33 bits per heavy atom. The number of para-hydroxylation sites is 1. The summed E-state index contributed by atoms with van der Waals surface area (Å²) >= 11 is 0. The molecule has 2 heteroatoms. The van der Waals surface area contributed by atoms with Gasteiger partial charge in [-0.2, -0.15) is 0 Å². The Kier molecular flexibility index (Phi) is 3.62. The Bertz CT molecular complexity index is 280. The van der Waals surface area contributed by atoms with E-state index in [2.05, 4.69) is 6.92 Å². The van der Waals surface area contributed by atoms with E-state index < -0.39 is 0 Å². The van der Waals surface area contributed by atoms with Gasteiger partial charge in [0.25, 0.3) is 0 Å². The predicted octanol–water partition coefficient (Wildman–Crippen LogP) is 2.74. The van der Waals surface area contributed by atoms with Crippen molar-refractivity contribution in [2.45, 2.75) is 13.3 Å². The van der Waals surface area contributed by atoms with E-state index in [4.69, 9.17) is 9.47 Å². The maximum absolute atomic E-state index is 5.76. The standard InChI is InChI=1S/C13H18O2/c1-2-11(12-8-14-9-12)10-15-13-6-4-3-5-7-13/h3-7,11-12H,2,8-10H2,1H3. The molecule has 1 atom stereocenters. The van der Waals surface area contributed by atoms with Gasteiger partial charge >= 0.3 is 0 Å². The van der Waals surface area contributed by atoms with Crippen LogP contribution in [0.3, 0.4) is 0 Å². The zero-order valence-electron chi connectivity index (χ0n) is 9.19. The third kappa shape index (κ3) is 2.72. The Hall–Kier alpha value is -1.02. The average Bonchev–Trinajstić information content (AvgIpc) is 2.23. The van der Waals surface area contributed by atoms with Crippen LogP contribution in [0.15, 0.2) is 30.3 Å². The summed E-state index contributed by atoms with van der Waals surface area (Å²) in [4.78, 5) is 0. The van der Waals surface area contributed by atoms with Gasteiger partial charge in [0.15, 0.2) is 0 Å². The molecule has 0 aromatic heterocycles. The highest BCUT2D eigenvalue weighted by atomic mass is 16.5. The first kappa shape index (κ1) is 10.5. The molecule has 1 aliphatic heterocycles. The van der Waals surface area contributed by atoms with Crippen LogP contribution in [-0.4, -0.2) is 19.8 Å². The lowest BCUT2D eigenvalue weighted by Gasteiger charge is -2.33. The minimum Gasteiger partial charge on any atom is -0.493 e. The van der Waals surface area contributed by atoms with Crippen LogP contribution in [0, 0.1) is 11.8 Å². The zero-order chi connectivity index (χ0) is 10.5. The summed E-state index contributed by atoms with van der Waals surface area (Å²) in [5.74, 6) is 2.31. The van der Waals surface area contributed by atoms with Gasteiger partial charge < -0.3 is 9.47 Å². The van der Waals surface area contributed by atoms with Gasteiger partial charge in [-0.05, 0) is 24.5 Å². The molecule has 2 rings (SSSR count). The zero-order valence-corrected chi connectivity index (χ0v) is 9.19. The van der Waals surface area contributed by atoms with Gasteiger partial charge in [0.1, 0.15) is 5.75 Å². The fraction of sp³-hybridized carbons (Fsp3) is 0.538. The summed E-state index contributed by atoms with van der Waals surface area (Å²) in [6.45, 7) is 4.86. The van der Waals surface area contributed by atoms with Crippen molar-refractivity contribution in [3.63, 3.8) is 0 Å². The van der Waals surface area contributed by atoms with Crippen molar-refractivity contribution in [3.8, 4) is 5.75 Å². The lowest BCUT2D eigenvalue weighted by molar-refractivity contribution is -0.0694. The average molecular weight is 206 g/mol. The van der Waals surface area contributed by atoms with Crippen LogP contribution in [0.5, 0.6) is 5.75 Å². The Morgan fingerprint density at radius 3 is 2.60 bits per heavy atom. The number of hydrogen-bond donors (Lipinski definition) is 0. The van der Waals surface area contributed by atoms with Crippen molar-refractivity contribution in [2.24, 2.45) is 11.8 Å². The highest BCUT2D eigenvalue weighted by Crippen LogP contribution is 2.24. The van der Waals surface area contributed by atoms with Crippen molar-refractivity contribution >= 4 is 0 Å². The molecule has 0 radical (unpaired) electrons. The quantitative estimate of drug-likeness (QED) is 0.737. The first-order valence-corrected chi connectivity index (χ1v) is 5.65. The Labute approximate surface area is 91.2 Å². The van der Waals surface area contributed by atoms with Crippen LogP contribution in [-0.2, 0) is 4.74 Å². The molecule has 1 aromatic rings. The van der Waals surface area contributed by atoms with Crippen LogP contribution >= 0.6 is 0 Å². The van der Waals surface area contributed by atoms with Gasteiger partial charge in [-0.3, -0.25) is 0 Å². The topological polar surface area (TPSA) is 18.5 Å². The predicted molar refractivity (Wildman–Crippen MR) is 60.0 cm³/mol. The molecule has 1 fully saturated rings. The van der Waals surface area contributed by atoms with Gasteiger partial charge in [-0.1, -0.05) is 25.1 Å². The van der Waals surface area contributed by atoms with Gasteiger partial charge in [0.2, 0.25) is 0 Å². The van der Waals surface area contributed by atoms with E-state index in [9.17, 15) is 0 Å². The summed E-state index contributed by atoms with van der Waals surface area (Å²) < 4.78 is 11.0. The fourth-order valence-electron chi connectivity index (χ4n) is 1.83. The molecule has 1 saturated heterocycles. The fourth-order valence-corrected chi connectivity index (χ4v) is 1.83. The van der Waals surface area contributed by atoms with E-state index in [1.54, 1.807) is 0 Å². The van der Waals surface area contributed by atoms with Crippen molar-refractivity contribution in [1.82, 2.24) is 0 Å². The van der Waals surface area contributed by atoms with Crippen LogP contribution < -0.4 is 4.74 Å². The number of ether oxygens (including phenoxy) is 2. The van der Waals surface area contributed by atoms with E-state index in [-0.39, 0.29) is 0 Å². The summed E-state index contributed by atoms with van der Waals surface area (Å²) in [7, 11) is 0. The molecule has 0 spiro atoms. The highest BCUT2D eigenvalue weighted by molar-refractivity contribution is 5.20. The van der Waals surface area contributed by atoms with Crippen LogP contribution in [0.25, 0.3) is 0 Å². The SMILES string of the molecule is CCC(COc1ccccc1)C1COC1. The smallest absolute Gasteiger partial charge is 0.119 e. The molecule has 82 valence electrons. The van der Waals surface area contributed by atoms with Gasteiger partial charge in [-0.25, -0.2) is 0 Å². The molecule has 1 aromatic carbocycles. The van der Waals surface area contributed by atoms with Gasteiger partial charge in [-0.15, -0.1) is 0 Å². The molecule has 0 bridgehead atoms. The third-order valence-electron chi connectivity index (χ3n) is 3.06. The van der Waals surface area contributed by atoms with E-state index in [0.717, 1.165) is 25.6 Å². The minimum absolute atomic E-state index is 0.638. The molecule has 0 amide bonds. The van der Waals surface area contributed by atoms with Crippen LogP contribution in [0.4, 0.5) is 0 Å². The molecular formula is C13H18O2. The summed E-state index contributed by atoms with van der Waals surface area (Å²) in [6.07, 6.45) is 1.17. The molecule has 1 aliphatic rings.